The minimum atomic E-state index is -0.0636. The maximum absolute atomic E-state index is 12.0. The van der Waals surface area contributed by atoms with Gasteiger partial charge in [-0.3, -0.25) is 9.20 Å². The zero-order valence-corrected chi connectivity index (χ0v) is 10.6. The molecule has 0 aliphatic carbocycles. The molecule has 3 aromatic rings. The second-order valence-electron chi connectivity index (χ2n) is 4.79. The van der Waals surface area contributed by atoms with Gasteiger partial charge < -0.3 is 4.90 Å². The summed E-state index contributed by atoms with van der Waals surface area (Å²) in [6.07, 6.45) is 5.06. The Kier molecular flexibility index (Phi) is 2.32. The second-order valence-corrected chi connectivity index (χ2v) is 4.79. The van der Waals surface area contributed by atoms with Gasteiger partial charge in [-0.2, -0.15) is 15.0 Å². The topological polar surface area (TPSA) is 68.3 Å². The van der Waals surface area contributed by atoms with E-state index in [-0.39, 0.29) is 11.6 Å². The van der Waals surface area contributed by atoms with E-state index in [9.17, 15) is 4.79 Å². The van der Waals surface area contributed by atoms with Crippen molar-refractivity contribution in [2.24, 2.45) is 0 Å². The van der Waals surface area contributed by atoms with Crippen molar-refractivity contribution in [3.63, 3.8) is 0 Å². The van der Waals surface area contributed by atoms with Crippen molar-refractivity contribution >= 4 is 11.5 Å². The van der Waals surface area contributed by atoms with Crippen molar-refractivity contribution in [1.82, 2.24) is 24.4 Å². The Hall–Kier alpha value is -2.70. The predicted molar refractivity (Wildman–Crippen MR) is 72.7 cm³/mol. The van der Waals surface area contributed by atoms with Crippen LogP contribution < -0.4 is 10.5 Å². The van der Waals surface area contributed by atoms with Gasteiger partial charge in [0.05, 0.1) is 12.4 Å². The zero-order chi connectivity index (χ0) is 13.5. The Morgan fingerprint density at radius 2 is 1.95 bits per heavy atom. The molecule has 1 fully saturated rings. The van der Waals surface area contributed by atoms with Crippen molar-refractivity contribution in [1.29, 1.82) is 0 Å². The molecule has 1 saturated heterocycles. The first-order valence-corrected chi connectivity index (χ1v) is 6.40. The molecule has 0 amide bonds. The standard InChI is InChI=1S/C13H12N6O/c20-13-7-12(16-11-3-1-2-6-18(11)13)17-8-10(9-17)19-14-4-5-15-19/h1-7,10H,8-9H2. The summed E-state index contributed by atoms with van der Waals surface area (Å²) in [6.45, 7) is 1.54. The van der Waals surface area contributed by atoms with Gasteiger partial charge in [-0.05, 0) is 12.1 Å². The molecule has 0 atom stereocenters. The lowest BCUT2D eigenvalue weighted by atomic mass is 10.1. The Morgan fingerprint density at radius 3 is 2.75 bits per heavy atom. The maximum Gasteiger partial charge on any atom is 0.259 e. The summed E-state index contributed by atoms with van der Waals surface area (Å²) in [4.78, 5) is 20.3. The maximum atomic E-state index is 12.0. The van der Waals surface area contributed by atoms with Gasteiger partial charge in [0.25, 0.3) is 5.56 Å². The van der Waals surface area contributed by atoms with Gasteiger partial charge in [-0.1, -0.05) is 6.07 Å². The number of hydrogen-bond acceptors (Lipinski definition) is 5. The fraction of sp³-hybridized carbons (Fsp3) is 0.231. The largest absolute Gasteiger partial charge is 0.352 e. The third-order valence-electron chi connectivity index (χ3n) is 3.51. The van der Waals surface area contributed by atoms with Crippen LogP contribution in [0.25, 0.3) is 5.65 Å². The Balaban J connectivity index is 1.63. The van der Waals surface area contributed by atoms with Crippen molar-refractivity contribution in [2.45, 2.75) is 6.04 Å². The highest BCUT2D eigenvalue weighted by molar-refractivity contribution is 5.49. The Morgan fingerprint density at radius 1 is 1.15 bits per heavy atom. The van der Waals surface area contributed by atoms with E-state index in [4.69, 9.17) is 0 Å². The van der Waals surface area contributed by atoms with Gasteiger partial charge in [-0.15, -0.1) is 0 Å². The highest BCUT2D eigenvalue weighted by atomic mass is 16.1. The summed E-state index contributed by atoms with van der Waals surface area (Å²) >= 11 is 0. The highest BCUT2D eigenvalue weighted by Gasteiger charge is 2.30. The molecule has 0 unspecified atom stereocenters. The number of hydrogen-bond donors (Lipinski definition) is 0. The van der Waals surface area contributed by atoms with Crippen LogP contribution in [0.1, 0.15) is 6.04 Å². The summed E-state index contributed by atoms with van der Waals surface area (Å²) in [7, 11) is 0. The van der Waals surface area contributed by atoms with Gasteiger partial charge in [-0.25, -0.2) is 4.98 Å². The average molecular weight is 268 g/mol. The monoisotopic (exact) mass is 268 g/mol. The van der Waals surface area contributed by atoms with E-state index in [0.717, 1.165) is 13.1 Å². The third kappa shape index (κ3) is 1.67. The van der Waals surface area contributed by atoms with Gasteiger partial charge in [0, 0.05) is 25.4 Å². The molecule has 1 aliphatic rings. The molecule has 0 aromatic carbocycles. The molecule has 7 heteroatoms. The van der Waals surface area contributed by atoms with Gasteiger partial charge in [0.1, 0.15) is 17.5 Å². The number of anilines is 1. The Labute approximate surface area is 114 Å². The number of fused-ring (bicyclic) bond motifs is 1. The molecule has 1 aliphatic heterocycles. The molecule has 0 radical (unpaired) electrons. The molecule has 0 N–H and O–H groups in total. The minimum absolute atomic E-state index is 0.0636. The SMILES string of the molecule is O=c1cc(N2CC(n3nccn3)C2)nc2ccccn12. The first-order valence-electron chi connectivity index (χ1n) is 6.40. The zero-order valence-electron chi connectivity index (χ0n) is 10.6. The number of aromatic nitrogens is 5. The van der Waals surface area contributed by atoms with Crippen LogP contribution in [-0.4, -0.2) is 37.5 Å². The summed E-state index contributed by atoms with van der Waals surface area (Å²) in [6, 6.07) is 7.34. The van der Waals surface area contributed by atoms with Crippen LogP contribution >= 0.6 is 0 Å². The number of rotatable bonds is 2. The van der Waals surface area contributed by atoms with Crippen LogP contribution in [0.2, 0.25) is 0 Å². The fourth-order valence-corrected chi connectivity index (χ4v) is 2.41. The normalized spacial score (nSPS) is 15.5. The van der Waals surface area contributed by atoms with Crippen molar-refractivity contribution < 1.29 is 0 Å². The van der Waals surface area contributed by atoms with Gasteiger partial charge in [0.2, 0.25) is 0 Å². The summed E-state index contributed by atoms with van der Waals surface area (Å²) < 4.78 is 1.54. The predicted octanol–water partition coefficient (Wildman–Crippen LogP) is 0.347. The summed E-state index contributed by atoms with van der Waals surface area (Å²) in [5.74, 6) is 0.713. The molecule has 7 nitrogen and oxygen atoms in total. The van der Waals surface area contributed by atoms with Crippen molar-refractivity contribution in [3.05, 3.63) is 53.2 Å². The molecule has 4 rings (SSSR count). The lowest BCUT2D eigenvalue weighted by molar-refractivity contribution is 0.331. The van der Waals surface area contributed by atoms with E-state index in [1.165, 1.54) is 4.40 Å². The van der Waals surface area contributed by atoms with Crippen molar-refractivity contribution in [2.75, 3.05) is 18.0 Å². The van der Waals surface area contributed by atoms with Crippen LogP contribution in [0.5, 0.6) is 0 Å². The molecule has 0 spiro atoms. The molecular formula is C13H12N6O. The third-order valence-corrected chi connectivity index (χ3v) is 3.51. The quantitative estimate of drug-likeness (QED) is 0.670. The molecule has 0 bridgehead atoms. The van der Waals surface area contributed by atoms with E-state index in [0.29, 0.717) is 11.5 Å². The minimum Gasteiger partial charge on any atom is -0.352 e. The molecule has 4 heterocycles. The van der Waals surface area contributed by atoms with Gasteiger partial charge in [0.15, 0.2) is 0 Å². The molecular weight excluding hydrogens is 256 g/mol. The average Bonchev–Trinajstić information content (AvgIpc) is 2.91. The van der Waals surface area contributed by atoms with E-state index in [1.54, 1.807) is 29.5 Å². The van der Waals surface area contributed by atoms with E-state index >= 15 is 0 Å². The van der Waals surface area contributed by atoms with Gasteiger partial charge >= 0.3 is 0 Å². The lowest BCUT2D eigenvalue weighted by Crippen LogP contribution is -2.49. The first kappa shape index (κ1) is 11.2. The summed E-state index contributed by atoms with van der Waals surface area (Å²) in [5, 5.41) is 8.25. The number of nitrogens with zero attached hydrogens (tertiary/aromatic N) is 6. The van der Waals surface area contributed by atoms with E-state index < -0.39 is 0 Å². The molecule has 3 aromatic heterocycles. The Bertz CT molecular complexity index is 803. The van der Waals surface area contributed by atoms with Crippen LogP contribution in [0.3, 0.4) is 0 Å². The van der Waals surface area contributed by atoms with Crippen LogP contribution in [0.4, 0.5) is 5.82 Å². The summed E-state index contributed by atoms with van der Waals surface area (Å²) in [5.41, 5.74) is 0.599. The van der Waals surface area contributed by atoms with E-state index in [1.807, 2.05) is 18.2 Å². The van der Waals surface area contributed by atoms with Crippen LogP contribution in [0, 0.1) is 0 Å². The van der Waals surface area contributed by atoms with Crippen LogP contribution in [-0.2, 0) is 0 Å². The first-order chi connectivity index (χ1) is 9.81. The molecule has 100 valence electrons. The smallest absolute Gasteiger partial charge is 0.259 e. The van der Waals surface area contributed by atoms with Crippen LogP contribution in [0.15, 0.2) is 47.7 Å². The van der Waals surface area contributed by atoms with Crippen molar-refractivity contribution in [3.8, 4) is 0 Å². The van der Waals surface area contributed by atoms with E-state index in [2.05, 4.69) is 20.1 Å². The highest BCUT2D eigenvalue weighted by Crippen LogP contribution is 2.24. The second kappa shape index (κ2) is 4.16. The molecule has 20 heavy (non-hydrogen) atoms. The number of pyridine rings is 1. The lowest BCUT2D eigenvalue weighted by Gasteiger charge is -2.39. The molecule has 0 saturated carbocycles. The fourth-order valence-electron chi connectivity index (χ4n) is 2.41.